The Morgan fingerprint density at radius 1 is 0.750 bits per heavy atom. The number of esters is 3. The van der Waals surface area contributed by atoms with Crippen LogP contribution in [-0.4, -0.2) is 61.3 Å². The number of benzene rings is 2. The van der Waals surface area contributed by atoms with E-state index in [0.29, 0.717) is 0 Å². The van der Waals surface area contributed by atoms with E-state index in [0.717, 1.165) is 20.8 Å². The maximum atomic E-state index is 14.0. The van der Waals surface area contributed by atoms with Crippen LogP contribution in [0.2, 0.25) is 0 Å². The highest BCUT2D eigenvalue weighted by Crippen LogP contribution is 2.52. The first kappa shape index (κ1) is 30.4. The van der Waals surface area contributed by atoms with E-state index in [-0.39, 0.29) is 11.5 Å². The van der Waals surface area contributed by atoms with Crippen molar-refractivity contribution in [2.75, 3.05) is 6.61 Å². The van der Waals surface area contributed by atoms with Gasteiger partial charge in [0.25, 0.3) is 0 Å². The largest absolute Gasteiger partial charge is 0.590 e. The Labute approximate surface area is 229 Å². The number of ether oxygens (including phenoxy) is 5. The minimum atomic E-state index is -4.69. The molecule has 216 valence electrons. The smallest absolute Gasteiger partial charge is 0.463 e. The van der Waals surface area contributed by atoms with E-state index in [1.807, 2.05) is 0 Å². The number of hydrogen-bond donors (Lipinski definition) is 1. The molecule has 1 fully saturated rings. The van der Waals surface area contributed by atoms with Crippen molar-refractivity contribution in [1.29, 1.82) is 0 Å². The predicted octanol–water partition coefficient (Wildman–Crippen LogP) is 2.88. The molecule has 5 atom stereocenters. The van der Waals surface area contributed by atoms with Crippen LogP contribution in [0.3, 0.4) is 0 Å². The third-order valence-electron chi connectivity index (χ3n) is 5.05. The van der Waals surface area contributed by atoms with Gasteiger partial charge in [-0.05, 0) is 24.3 Å². The molecule has 14 nitrogen and oxygen atoms in total. The Morgan fingerprint density at radius 2 is 1.25 bits per heavy atom. The molecule has 0 spiro atoms. The summed E-state index contributed by atoms with van der Waals surface area (Å²) < 4.78 is 57.5. The van der Waals surface area contributed by atoms with Crippen molar-refractivity contribution in [3.8, 4) is 11.5 Å². The van der Waals surface area contributed by atoms with Crippen molar-refractivity contribution in [3.05, 3.63) is 60.7 Å². The van der Waals surface area contributed by atoms with E-state index in [1.54, 1.807) is 36.4 Å². The Morgan fingerprint density at radius 3 is 1.70 bits per heavy atom. The summed E-state index contributed by atoms with van der Waals surface area (Å²) in [7, 11) is -4.69. The molecule has 40 heavy (non-hydrogen) atoms. The molecular weight excluding hydrogens is 553 g/mol. The molecule has 1 saturated heterocycles. The molecule has 2 aromatic carbocycles. The molecule has 1 aliphatic rings. The van der Waals surface area contributed by atoms with Gasteiger partial charge < -0.3 is 38.5 Å². The molecule has 1 aliphatic heterocycles. The van der Waals surface area contributed by atoms with Crippen LogP contribution in [0.5, 0.6) is 11.5 Å². The second-order valence-electron chi connectivity index (χ2n) is 8.26. The van der Waals surface area contributed by atoms with Gasteiger partial charge in [0, 0.05) is 20.8 Å². The average molecular weight is 581 g/mol. The van der Waals surface area contributed by atoms with Gasteiger partial charge in [0.2, 0.25) is 6.29 Å². The van der Waals surface area contributed by atoms with Crippen LogP contribution in [0, 0.1) is 0 Å². The summed E-state index contributed by atoms with van der Waals surface area (Å²) >= 11 is 0. The number of amides is 1. The molecule has 0 aromatic heterocycles. The average Bonchev–Trinajstić information content (AvgIpc) is 2.86. The number of rotatable bonds is 11. The lowest BCUT2D eigenvalue weighted by Gasteiger charge is -2.43. The molecule has 3 rings (SSSR count). The normalized spacial score (nSPS) is 22.3. The van der Waals surface area contributed by atoms with Crippen molar-refractivity contribution in [1.82, 2.24) is 0 Å². The van der Waals surface area contributed by atoms with Crippen LogP contribution in [0.4, 0.5) is 4.79 Å². The highest BCUT2D eigenvalue weighted by Gasteiger charge is 2.55. The quantitative estimate of drug-likeness (QED) is 0.232. The molecule has 0 bridgehead atoms. The van der Waals surface area contributed by atoms with Gasteiger partial charge in [0.15, 0.2) is 18.3 Å². The van der Waals surface area contributed by atoms with Crippen LogP contribution in [0.1, 0.15) is 20.8 Å². The Hall–Kier alpha value is -4.13. The number of phosphoric ester groups is 1. The zero-order valence-corrected chi connectivity index (χ0v) is 22.6. The van der Waals surface area contributed by atoms with Gasteiger partial charge in [-0.3, -0.25) is 14.4 Å². The highest BCUT2D eigenvalue weighted by atomic mass is 31.2. The van der Waals surface area contributed by atoms with Gasteiger partial charge in [-0.1, -0.05) is 36.4 Å². The maximum absolute atomic E-state index is 14.0. The van der Waals surface area contributed by atoms with E-state index in [1.165, 1.54) is 24.3 Å². The van der Waals surface area contributed by atoms with Crippen molar-refractivity contribution in [2.24, 2.45) is 5.73 Å². The molecular formula is C25H28NO13P. The fourth-order valence-electron chi connectivity index (χ4n) is 3.63. The second-order valence-corrected chi connectivity index (χ2v) is 9.73. The summed E-state index contributed by atoms with van der Waals surface area (Å²) in [5, 5.41) is 0. The van der Waals surface area contributed by atoms with Crippen LogP contribution in [0.15, 0.2) is 60.7 Å². The second kappa shape index (κ2) is 13.8. The fourth-order valence-corrected chi connectivity index (χ4v) is 4.93. The van der Waals surface area contributed by atoms with Crippen molar-refractivity contribution >= 4 is 31.8 Å². The Kier molecular flexibility index (Phi) is 10.5. The van der Waals surface area contributed by atoms with E-state index in [4.69, 9.17) is 43.0 Å². The summed E-state index contributed by atoms with van der Waals surface area (Å²) in [5.74, 6) is -2.29. The van der Waals surface area contributed by atoms with E-state index >= 15 is 0 Å². The number of nitrogens with two attached hydrogens (primary N) is 1. The topological polar surface area (TPSA) is 185 Å². The lowest BCUT2D eigenvalue weighted by molar-refractivity contribution is -0.287. The summed E-state index contributed by atoms with van der Waals surface area (Å²) in [6.45, 7) is 2.67. The lowest BCUT2D eigenvalue weighted by Crippen LogP contribution is -2.63. The SMILES string of the molecule is CC(=O)OC[C@H]1O[C@@H](OP(=O)(Oc2ccccc2)Oc2ccccc2)[C@@H](OC(C)=O)[C@@H](OC(N)=O)[C@@H]1OC(C)=O. The zero-order chi connectivity index (χ0) is 29.3. The number of phosphoric acid groups is 1. The van der Waals surface area contributed by atoms with Gasteiger partial charge in [-0.15, -0.1) is 0 Å². The van der Waals surface area contributed by atoms with E-state index in [9.17, 15) is 23.7 Å². The molecule has 1 heterocycles. The fraction of sp³-hybridized carbons (Fsp3) is 0.360. The zero-order valence-electron chi connectivity index (χ0n) is 21.7. The maximum Gasteiger partial charge on any atom is 0.590 e. The molecule has 0 saturated carbocycles. The summed E-state index contributed by atoms with van der Waals surface area (Å²) in [6.07, 6.45) is -9.44. The molecule has 1 amide bonds. The van der Waals surface area contributed by atoms with Gasteiger partial charge in [-0.25, -0.2) is 13.9 Å². The van der Waals surface area contributed by atoms with Crippen molar-refractivity contribution in [2.45, 2.75) is 51.5 Å². The number of para-hydroxylation sites is 2. The summed E-state index contributed by atoms with van der Waals surface area (Å²) in [6, 6.07) is 15.7. The molecule has 0 unspecified atom stereocenters. The predicted molar refractivity (Wildman–Crippen MR) is 134 cm³/mol. The van der Waals surface area contributed by atoms with Gasteiger partial charge in [0.05, 0.1) is 0 Å². The Bertz CT molecular complexity index is 1180. The van der Waals surface area contributed by atoms with Crippen LogP contribution in [-0.2, 0) is 47.2 Å². The van der Waals surface area contributed by atoms with Gasteiger partial charge in [0.1, 0.15) is 24.2 Å². The number of carbonyl (C=O) groups is 4. The van der Waals surface area contributed by atoms with Gasteiger partial charge >= 0.3 is 31.8 Å². The van der Waals surface area contributed by atoms with E-state index < -0.39 is 69.1 Å². The van der Waals surface area contributed by atoms with Crippen molar-refractivity contribution in [3.63, 3.8) is 0 Å². The highest BCUT2D eigenvalue weighted by molar-refractivity contribution is 7.49. The number of hydrogen-bond acceptors (Lipinski definition) is 13. The van der Waals surface area contributed by atoms with Crippen molar-refractivity contribution < 1.29 is 61.0 Å². The number of primary amides is 1. The standard InChI is InChI=1S/C25H28NO13P/c1-15(27)32-14-20-21(33-16(2)28)22(36-25(26)30)23(34-17(3)29)24(35-20)39-40(31,37-18-10-6-4-7-11-18)38-19-12-8-5-9-13-19/h4-13,20-24H,14H2,1-3H3,(H2,26,30)/t20-,21-,22+,23+,24+/m1/s1. The lowest BCUT2D eigenvalue weighted by atomic mass is 9.98. The monoisotopic (exact) mass is 581 g/mol. The minimum Gasteiger partial charge on any atom is -0.463 e. The third kappa shape index (κ3) is 8.97. The first-order valence-corrected chi connectivity index (χ1v) is 13.3. The molecule has 2 aromatic rings. The molecule has 2 N–H and O–H groups in total. The minimum absolute atomic E-state index is 0.0841. The van der Waals surface area contributed by atoms with E-state index in [2.05, 4.69) is 0 Å². The summed E-state index contributed by atoms with van der Waals surface area (Å²) in [4.78, 5) is 47.3. The molecule has 0 aliphatic carbocycles. The number of carbonyl (C=O) groups excluding carboxylic acids is 4. The van der Waals surface area contributed by atoms with Gasteiger partial charge in [-0.2, -0.15) is 0 Å². The van der Waals surface area contributed by atoms with Crippen LogP contribution in [0.25, 0.3) is 0 Å². The first-order valence-electron chi connectivity index (χ1n) is 11.8. The van der Waals surface area contributed by atoms with Crippen LogP contribution < -0.4 is 14.8 Å². The molecule has 0 radical (unpaired) electrons. The summed E-state index contributed by atoms with van der Waals surface area (Å²) in [5.41, 5.74) is 5.24. The van der Waals surface area contributed by atoms with Crippen LogP contribution >= 0.6 is 7.82 Å². The third-order valence-corrected chi connectivity index (χ3v) is 6.39. The first-order chi connectivity index (χ1) is 19.0. The Balaban J connectivity index is 2.05. The molecule has 15 heteroatoms.